The van der Waals surface area contributed by atoms with Crippen LogP contribution < -0.4 is 0 Å². The Bertz CT molecular complexity index is 300. The molecule has 0 aromatic carbocycles. The average molecular weight is 397 g/mol. The van der Waals surface area contributed by atoms with Gasteiger partial charge in [0, 0.05) is 39.5 Å². The normalized spacial score (nSPS) is 33.8. The van der Waals surface area contributed by atoms with E-state index in [1.807, 2.05) is 0 Å². The standard InChI is InChI=1S/C15H36O6Si3/c1-7-10-13-22(16-4)19-23(17-5,14-11-8-2)21-24(18-6,20-22)15-12-9-3/h7-15H2,1-6H3. The van der Waals surface area contributed by atoms with Crippen LogP contribution in [0.25, 0.3) is 0 Å². The summed E-state index contributed by atoms with van der Waals surface area (Å²) < 4.78 is 37.0. The second-order valence-electron chi connectivity index (χ2n) is 6.28. The first-order valence-corrected chi connectivity index (χ1v) is 15.0. The van der Waals surface area contributed by atoms with Crippen LogP contribution in [0.3, 0.4) is 0 Å². The molecule has 0 aliphatic carbocycles. The molecule has 0 spiro atoms. The Balaban J connectivity index is 3.15. The summed E-state index contributed by atoms with van der Waals surface area (Å²) in [5, 5.41) is 0. The van der Waals surface area contributed by atoms with Crippen molar-refractivity contribution in [1.82, 2.24) is 0 Å². The van der Waals surface area contributed by atoms with E-state index in [-0.39, 0.29) is 0 Å². The van der Waals surface area contributed by atoms with E-state index in [9.17, 15) is 0 Å². The van der Waals surface area contributed by atoms with Gasteiger partial charge >= 0.3 is 26.4 Å². The summed E-state index contributed by atoms with van der Waals surface area (Å²) in [4.78, 5) is 0. The van der Waals surface area contributed by atoms with Gasteiger partial charge < -0.3 is 25.6 Å². The van der Waals surface area contributed by atoms with Crippen LogP contribution in [0.1, 0.15) is 59.3 Å². The molecular weight excluding hydrogens is 360 g/mol. The van der Waals surface area contributed by atoms with Gasteiger partial charge in [-0.25, -0.2) is 0 Å². The second-order valence-corrected chi connectivity index (χ2v) is 15.6. The van der Waals surface area contributed by atoms with E-state index in [4.69, 9.17) is 25.6 Å². The molecule has 1 saturated heterocycles. The van der Waals surface area contributed by atoms with E-state index in [0.717, 1.165) is 56.7 Å². The fourth-order valence-corrected chi connectivity index (χ4v) is 17.5. The molecule has 6 nitrogen and oxygen atoms in total. The monoisotopic (exact) mass is 396 g/mol. The lowest BCUT2D eigenvalue weighted by atomic mass is 10.4. The number of unbranched alkanes of at least 4 members (excludes halogenated alkanes) is 3. The lowest BCUT2D eigenvalue weighted by molar-refractivity contribution is 0.0348. The molecule has 1 fully saturated rings. The fourth-order valence-electron chi connectivity index (χ4n) is 2.82. The maximum atomic E-state index is 6.44. The first-order chi connectivity index (χ1) is 11.5. The van der Waals surface area contributed by atoms with E-state index < -0.39 is 26.4 Å². The van der Waals surface area contributed by atoms with Crippen molar-refractivity contribution in [2.75, 3.05) is 21.3 Å². The molecule has 0 saturated carbocycles. The van der Waals surface area contributed by atoms with Crippen molar-refractivity contribution in [1.29, 1.82) is 0 Å². The van der Waals surface area contributed by atoms with Crippen molar-refractivity contribution in [2.24, 2.45) is 0 Å². The molecule has 0 N–H and O–H groups in total. The van der Waals surface area contributed by atoms with E-state index in [1.54, 1.807) is 21.3 Å². The molecule has 24 heavy (non-hydrogen) atoms. The van der Waals surface area contributed by atoms with Crippen molar-refractivity contribution in [2.45, 2.75) is 77.4 Å². The van der Waals surface area contributed by atoms with E-state index >= 15 is 0 Å². The lowest BCUT2D eigenvalue weighted by Gasteiger charge is -2.49. The maximum absolute atomic E-state index is 6.44. The van der Waals surface area contributed by atoms with Gasteiger partial charge in [-0.3, -0.25) is 0 Å². The summed E-state index contributed by atoms with van der Waals surface area (Å²) in [6.45, 7) is 6.48. The molecule has 0 aromatic heterocycles. The molecule has 0 radical (unpaired) electrons. The molecule has 1 aliphatic heterocycles. The average Bonchev–Trinajstić information content (AvgIpc) is 2.63. The van der Waals surface area contributed by atoms with Gasteiger partial charge in [0.25, 0.3) is 0 Å². The molecule has 1 rings (SSSR count). The van der Waals surface area contributed by atoms with Gasteiger partial charge in [-0.1, -0.05) is 40.0 Å². The highest BCUT2D eigenvalue weighted by Crippen LogP contribution is 2.39. The van der Waals surface area contributed by atoms with Crippen LogP contribution in [-0.2, 0) is 25.6 Å². The van der Waals surface area contributed by atoms with Crippen molar-refractivity contribution in [3.8, 4) is 0 Å². The summed E-state index contributed by atoms with van der Waals surface area (Å²) in [5.41, 5.74) is 0. The van der Waals surface area contributed by atoms with Gasteiger partial charge in [0.15, 0.2) is 0 Å². The van der Waals surface area contributed by atoms with Crippen LogP contribution in [0, 0.1) is 0 Å². The number of hydrogen-bond donors (Lipinski definition) is 0. The van der Waals surface area contributed by atoms with Crippen molar-refractivity contribution in [3.63, 3.8) is 0 Å². The Hall–Kier alpha value is 0.411. The van der Waals surface area contributed by atoms with Crippen molar-refractivity contribution in [3.05, 3.63) is 0 Å². The van der Waals surface area contributed by atoms with Gasteiger partial charge in [0.1, 0.15) is 0 Å². The van der Waals surface area contributed by atoms with E-state index in [0.29, 0.717) is 0 Å². The Morgan fingerprint density at radius 3 is 0.958 bits per heavy atom. The van der Waals surface area contributed by atoms with Gasteiger partial charge in [0.2, 0.25) is 0 Å². The summed E-state index contributed by atoms with van der Waals surface area (Å²) in [5.74, 6) is 0. The van der Waals surface area contributed by atoms with Crippen LogP contribution >= 0.6 is 0 Å². The first kappa shape index (κ1) is 22.5. The molecule has 1 aliphatic rings. The maximum Gasteiger partial charge on any atom is 0.485 e. The molecule has 0 aromatic rings. The van der Waals surface area contributed by atoms with Gasteiger partial charge in [-0.2, -0.15) is 0 Å². The van der Waals surface area contributed by atoms with E-state index in [1.165, 1.54) is 0 Å². The second kappa shape index (κ2) is 10.5. The fraction of sp³-hybridized carbons (Fsp3) is 1.00. The molecule has 0 atom stereocenters. The third-order valence-corrected chi connectivity index (χ3v) is 16.6. The third kappa shape index (κ3) is 5.71. The predicted molar refractivity (Wildman–Crippen MR) is 101 cm³/mol. The zero-order valence-electron chi connectivity index (χ0n) is 16.3. The summed E-state index contributed by atoms with van der Waals surface area (Å²) in [7, 11) is -3.45. The highest BCUT2D eigenvalue weighted by molar-refractivity contribution is 6.88. The first-order valence-electron chi connectivity index (χ1n) is 9.24. The van der Waals surface area contributed by atoms with E-state index in [2.05, 4.69) is 20.8 Å². The summed E-state index contributed by atoms with van der Waals surface area (Å²) in [6, 6.07) is 2.37. The van der Waals surface area contributed by atoms with Crippen LogP contribution in [-0.4, -0.2) is 47.7 Å². The molecule has 144 valence electrons. The quantitative estimate of drug-likeness (QED) is 0.461. The third-order valence-electron chi connectivity index (χ3n) is 4.38. The summed E-state index contributed by atoms with van der Waals surface area (Å²) >= 11 is 0. The zero-order chi connectivity index (χ0) is 18.1. The highest BCUT2D eigenvalue weighted by Gasteiger charge is 2.66. The highest BCUT2D eigenvalue weighted by atomic mass is 28.5. The SMILES string of the molecule is CCCC[Si]1(OC)O[Si](CCCC)(OC)O[Si](CCCC)(OC)O1. The van der Waals surface area contributed by atoms with Crippen LogP contribution in [0.15, 0.2) is 0 Å². The number of rotatable bonds is 12. The van der Waals surface area contributed by atoms with Gasteiger partial charge in [0.05, 0.1) is 0 Å². The smallest absolute Gasteiger partial charge is 0.378 e. The Morgan fingerprint density at radius 1 is 0.542 bits per heavy atom. The molecule has 0 unspecified atom stereocenters. The Morgan fingerprint density at radius 2 is 0.792 bits per heavy atom. The lowest BCUT2D eigenvalue weighted by Crippen LogP contribution is -2.72. The molecular formula is C15H36O6Si3. The molecule has 0 amide bonds. The molecule has 9 heteroatoms. The summed E-state index contributed by atoms with van der Waals surface area (Å²) in [6.07, 6.45) is 6.22. The van der Waals surface area contributed by atoms with Gasteiger partial charge in [-0.05, 0) is 19.3 Å². The topological polar surface area (TPSA) is 55.4 Å². The Kier molecular flexibility index (Phi) is 9.85. The zero-order valence-corrected chi connectivity index (χ0v) is 19.3. The van der Waals surface area contributed by atoms with Crippen LogP contribution in [0.5, 0.6) is 0 Å². The number of hydrogen-bond acceptors (Lipinski definition) is 6. The minimum atomic E-state index is -2.84. The Labute approximate surface area is 151 Å². The van der Waals surface area contributed by atoms with Crippen molar-refractivity contribution >= 4 is 26.4 Å². The largest absolute Gasteiger partial charge is 0.485 e. The minimum absolute atomic E-state index is 0.790. The minimum Gasteiger partial charge on any atom is -0.378 e. The molecule has 0 bridgehead atoms. The van der Waals surface area contributed by atoms with Gasteiger partial charge in [-0.15, -0.1) is 0 Å². The van der Waals surface area contributed by atoms with Crippen molar-refractivity contribution < 1.29 is 25.6 Å². The predicted octanol–water partition coefficient (Wildman–Crippen LogP) is 4.21. The van der Waals surface area contributed by atoms with Crippen LogP contribution in [0.2, 0.25) is 18.1 Å². The molecule has 1 heterocycles. The van der Waals surface area contributed by atoms with Crippen LogP contribution in [0.4, 0.5) is 0 Å².